The first-order chi connectivity index (χ1) is 7.84. The summed E-state index contributed by atoms with van der Waals surface area (Å²) in [6, 6.07) is 8.32. The van der Waals surface area contributed by atoms with Crippen LogP contribution in [-0.2, 0) is 0 Å². The number of hydrogen-bond acceptors (Lipinski definition) is 2. The number of amidine groups is 1. The lowest BCUT2D eigenvalue weighted by Gasteiger charge is -2.23. The molecular formula is C13H16N2O. The highest BCUT2D eigenvalue weighted by Gasteiger charge is 2.28. The highest BCUT2D eigenvalue weighted by Crippen LogP contribution is 2.36. The van der Waals surface area contributed by atoms with Crippen molar-refractivity contribution in [1.82, 2.24) is 0 Å². The largest absolute Gasteiger partial charge is 0.493 e. The summed E-state index contributed by atoms with van der Waals surface area (Å²) in [6.07, 6.45) is 3.35. The van der Waals surface area contributed by atoms with Crippen LogP contribution >= 0.6 is 0 Å². The Hall–Kier alpha value is -1.51. The van der Waals surface area contributed by atoms with Crippen molar-refractivity contribution in [3.8, 4) is 5.75 Å². The van der Waals surface area contributed by atoms with Crippen LogP contribution in [0, 0.1) is 5.92 Å². The van der Waals surface area contributed by atoms with E-state index >= 15 is 0 Å². The van der Waals surface area contributed by atoms with Gasteiger partial charge in [-0.2, -0.15) is 0 Å². The van der Waals surface area contributed by atoms with Crippen LogP contribution in [0.15, 0.2) is 29.3 Å². The van der Waals surface area contributed by atoms with Crippen LogP contribution in [0.1, 0.15) is 30.9 Å². The van der Waals surface area contributed by atoms with Gasteiger partial charge in [-0.1, -0.05) is 18.2 Å². The Morgan fingerprint density at radius 1 is 1.25 bits per heavy atom. The molecule has 2 aliphatic rings. The van der Waals surface area contributed by atoms with Crippen molar-refractivity contribution >= 4 is 5.84 Å². The molecule has 1 saturated carbocycles. The Balaban J connectivity index is 1.89. The number of fused-ring (bicyclic) bond motifs is 1. The third-order valence-corrected chi connectivity index (χ3v) is 3.23. The zero-order valence-corrected chi connectivity index (χ0v) is 9.23. The van der Waals surface area contributed by atoms with E-state index in [0.29, 0.717) is 5.92 Å². The summed E-state index contributed by atoms with van der Waals surface area (Å²) >= 11 is 0. The molecule has 0 aromatic heterocycles. The maximum atomic E-state index is 5.98. The van der Waals surface area contributed by atoms with Crippen molar-refractivity contribution in [1.29, 1.82) is 0 Å². The minimum Gasteiger partial charge on any atom is -0.493 e. The molecule has 16 heavy (non-hydrogen) atoms. The summed E-state index contributed by atoms with van der Waals surface area (Å²) < 4.78 is 5.60. The van der Waals surface area contributed by atoms with Gasteiger partial charge in [-0.3, -0.25) is 4.99 Å². The van der Waals surface area contributed by atoms with Gasteiger partial charge in [0.1, 0.15) is 5.75 Å². The van der Waals surface area contributed by atoms with Gasteiger partial charge in [0.2, 0.25) is 0 Å². The van der Waals surface area contributed by atoms with Gasteiger partial charge in [-0.25, -0.2) is 0 Å². The third-order valence-electron chi connectivity index (χ3n) is 3.23. The molecule has 0 spiro atoms. The van der Waals surface area contributed by atoms with Crippen LogP contribution in [0.3, 0.4) is 0 Å². The summed E-state index contributed by atoms with van der Waals surface area (Å²) in [7, 11) is 0. The van der Waals surface area contributed by atoms with Gasteiger partial charge in [0, 0.05) is 17.9 Å². The van der Waals surface area contributed by atoms with E-state index < -0.39 is 0 Å². The molecule has 84 valence electrons. The van der Waals surface area contributed by atoms with E-state index in [0.717, 1.165) is 24.6 Å². The minimum atomic E-state index is 0.200. The Bertz CT molecular complexity index is 424. The predicted octanol–water partition coefficient (Wildman–Crippen LogP) is 2.28. The van der Waals surface area contributed by atoms with Crippen LogP contribution in [0.25, 0.3) is 0 Å². The first kappa shape index (κ1) is 9.70. The van der Waals surface area contributed by atoms with Crippen LogP contribution in [0.4, 0.5) is 0 Å². The molecule has 1 unspecified atom stereocenters. The fourth-order valence-electron chi connectivity index (χ4n) is 2.12. The Morgan fingerprint density at radius 2 is 2.06 bits per heavy atom. The monoisotopic (exact) mass is 216 g/mol. The number of nitrogens with zero attached hydrogens (tertiary/aromatic N) is 1. The SMILES string of the molecule is NC(=NC1CCOc2ccccc21)C1CC1. The molecule has 0 amide bonds. The molecule has 3 heteroatoms. The second-order valence-electron chi connectivity index (χ2n) is 4.52. The number of benzene rings is 1. The summed E-state index contributed by atoms with van der Waals surface area (Å²) in [6.45, 7) is 0.739. The van der Waals surface area contributed by atoms with Crippen LogP contribution in [-0.4, -0.2) is 12.4 Å². The molecule has 0 saturated heterocycles. The molecule has 1 aliphatic heterocycles. The molecule has 3 rings (SSSR count). The van der Waals surface area contributed by atoms with E-state index in [9.17, 15) is 0 Å². The van der Waals surface area contributed by atoms with Crippen molar-refractivity contribution in [2.75, 3.05) is 6.61 Å². The van der Waals surface area contributed by atoms with E-state index in [-0.39, 0.29) is 6.04 Å². The van der Waals surface area contributed by atoms with Gasteiger partial charge >= 0.3 is 0 Å². The van der Waals surface area contributed by atoms with Gasteiger partial charge in [0.15, 0.2) is 0 Å². The van der Waals surface area contributed by atoms with Gasteiger partial charge in [-0.15, -0.1) is 0 Å². The average molecular weight is 216 g/mol. The van der Waals surface area contributed by atoms with E-state index in [4.69, 9.17) is 10.5 Å². The number of hydrogen-bond donors (Lipinski definition) is 1. The Morgan fingerprint density at radius 3 is 2.88 bits per heavy atom. The highest BCUT2D eigenvalue weighted by molar-refractivity contribution is 5.85. The van der Waals surface area contributed by atoms with Gasteiger partial charge in [0.05, 0.1) is 18.5 Å². The standard InChI is InChI=1S/C13H16N2O/c14-13(9-5-6-9)15-11-7-8-16-12-4-2-1-3-10(11)12/h1-4,9,11H,5-8H2,(H2,14,15). The Labute approximate surface area is 95.3 Å². The summed E-state index contributed by atoms with van der Waals surface area (Å²) in [5.41, 5.74) is 7.15. The van der Waals surface area contributed by atoms with E-state index in [2.05, 4.69) is 11.1 Å². The maximum absolute atomic E-state index is 5.98. The van der Waals surface area contributed by atoms with Crippen LogP contribution < -0.4 is 10.5 Å². The molecular weight excluding hydrogens is 200 g/mol. The molecule has 1 heterocycles. The molecule has 2 N–H and O–H groups in total. The number of aliphatic imine (C=N–C) groups is 1. The van der Waals surface area contributed by atoms with Gasteiger partial charge < -0.3 is 10.5 Å². The van der Waals surface area contributed by atoms with E-state index in [1.807, 2.05) is 18.2 Å². The van der Waals surface area contributed by atoms with Crippen molar-refractivity contribution in [3.05, 3.63) is 29.8 Å². The molecule has 1 aromatic rings. The van der Waals surface area contributed by atoms with Crippen LogP contribution in [0.5, 0.6) is 5.75 Å². The molecule has 3 nitrogen and oxygen atoms in total. The van der Waals surface area contributed by atoms with E-state index in [1.165, 1.54) is 18.4 Å². The molecule has 1 atom stereocenters. The molecule has 1 aliphatic carbocycles. The quantitative estimate of drug-likeness (QED) is 0.609. The predicted molar refractivity (Wildman–Crippen MR) is 63.6 cm³/mol. The lowest BCUT2D eigenvalue weighted by molar-refractivity contribution is 0.269. The van der Waals surface area contributed by atoms with Crippen molar-refractivity contribution in [2.45, 2.75) is 25.3 Å². The molecule has 0 radical (unpaired) electrons. The molecule has 1 fully saturated rings. The molecule has 0 bridgehead atoms. The second kappa shape index (κ2) is 3.81. The van der Waals surface area contributed by atoms with Crippen molar-refractivity contribution < 1.29 is 4.74 Å². The fraction of sp³-hybridized carbons (Fsp3) is 0.462. The number of nitrogens with two attached hydrogens (primary N) is 1. The summed E-state index contributed by atoms with van der Waals surface area (Å²) in [5.74, 6) is 2.35. The van der Waals surface area contributed by atoms with Gasteiger partial charge in [0.25, 0.3) is 0 Å². The first-order valence-electron chi connectivity index (χ1n) is 5.89. The van der Waals surface area contributed by atoms with Crippen molar-refractivity contribution in [2.24, 2.45) is 16.6 Å². The zero-order valence-electron chi connectivity index (χ0n) is 9.23. The Kier molecular flexibility index (Phi) is 2.31. The maximum Gasteiger partial charge on any atom is 0.124 e. The smallest absolute Gasteiger partial charge is 0.124 e. The van der Waals surface area contributed by atoms with Crippen LogP contribution in [0.2, 0.25) is 0 Å². The average Bonchev–Trinajstić information content (AvgIpc) is 3.13. The number of rotatable bonds is 2. The number of para-hydroxylation sites is 1. The highest BCUT2D eigenvalue weighted by atomic mass is 16.5. The summed E-state index contributed by atoms with van der Waals surface area (Å²) in [4.78, 5) is 4.65. The number of ether oxygens (including phenoxy) is 1. The van der Waals surface area contributed by atoms with Crippen molar-refractivity contribution in [3.63, 3.8) is 0 Å². The zero-order chi connectivity index (χ0) is 11.0. The lowest BCUT2D eigenvalue weighted by Crippen LogP contribution is -2.19. The minimum absolute atomic E-state index is 0.200. The third kappa shape index (κ3) is 1.77. The lowest BCUT2D eigenvalue weighted by atomic mass is 10.0. The summed E-state index contributed by atoms with van der Waals surface area (Å²) in [5, 5.41) is 0. The fourth-order valence-corrected chi connectivity index (χ4v) is 2.12. The first-order valence-corrected chi connectivity index (χ1v) is 5.89. The molecule has 1 aromatic carbocycles. The topological polar surface area (TPSA) is 47.6 Å². The second-order valence-corrected chi connectivity index (χ2v) is 4.52. The van der Waals surface area contributed by atoms with Gasteiger partial charge in [-0.05, 0) is 18.9 Å². The van der Waals surface area contributed by atoms with E-state index in [1.54, 1.807) is 0 Å². The normalized spacial score (nSPS) is 24.8.